The third-order valence-electron chi connectivity index (χ3n) is 3.87. The van der Waals surface area contributed by atoms with E-state index in [1.54, 1.807) is 50.4 Å². The predicted molar refractivity (Wildman–Crippen MR) is 105 cm³/mol. The molecular weight excluding hydrogens is 340 g/mol. The Hall–Kier alpha value is -3.53. The van der Waals surface area contributed by atoms with E-state index in [2.05, 4.69) is 6.58 Å². The van der Waals surface area contributed by atoms with E-state index in [1.807, 2.05) is 36.4 Å². The maximum absolute atomic E-state index is 12.3. The van der Waals surface area contributed by atoms with Gasteiger partial charge in [-0.1, -0.05) is 30.8 Å². The number of hydrogen-bond acceptors (Lipinski definition) is 4. The van der Waals surface area contributed by atoms with Crippen molar-refractivity contribution in [1.82, 2.24) is 0 Å². The van der Waals surface area contributed by atoms with Crippen molar-refractivity contribution in [1.29, 1.82) is 0 Å². The van der Waals surface area contributed by atoms with Gasteiger partial charge in [0.2, 0.25) is 0 Å². The van der Waals surface area contributed by atoms with Crippen LogP contribution in [-0.2, 0) is 0 Å². The molecule has 0 radical (unpaired) electrons. The molecule has 0 atom stereocenters. The number of carbonyl (C=O) groups excluding carboxylic acids is 1. The fourth-order valence-corrected chi connectivity index (χ4v) is 2.53. The van der Waals surface area contributed by atoms with Crippen LogP contribution in [0.5, 0.6) is 17.2 Å². The van der Waals surface area contributed by atoms with E-state index in [9.17, 15) is 4.79 Å². The van der Waals surface area contributed by atoms with Gasteiger partial charge in [-0.2, -0.15) is 0 Å². The highest BCUT2D eigenvalue weighted by Gasteiger charge is 2.09. The van der Waals surface area contributed by atoms with Crippen LogP contribution < -0.4 is 14.2 Å². The molecule has 0 bridgehead atoms. The van der Waals surface area contributed by atoms with Crippen LogP contribution in [0.2, 0.25) is 0 Å². The van der Waals surface area contributed by atoms with Gasteiger partial charge >= 0.3 is 5.97 Å². The van der Waals surface area contributed by atoms with Crippen LogP contribution in [0.3, 0.4) is 0 Å². The largest absolute Gasteiger partial charge is 0.497 e. The van der Waals surface area contributed by atoms with E-state index in [1.165, 1.54) is 0 Å². The van der Waals surface area contributed by atoms with Gasteiger partial charge in [0.05, 0.1) is 18.4 Å². The van der Waals surface area contributed by atoms with Gasteiger partial charge < -0.3 is 14.2 Å². The maximum atomic E-state index is 12.3. The van der Waals surface area contributed by atoms with Crippen LogP contribution in [-0.4, -0.2) is 13.1 Å². The minimum Gasteiger partial charge on any atom is -0.497 e. The highest BCUT2D eigenvalue weighted by molar-refractivity contribution is 5.91. The quantitative estimate of drug-likeness (QED) is 0.331. The summed E-state index contributed by atoms with van der Waals surface area (Å²) in [7, 11) is 1.64. The summed E-state index contributed by atoms with van der Waals surface area (Å²) in [5.41, 5.74) is 2.53. The highest BCUT2D eigenvalue weighted by atomic mass is 16.5. The number of benzene rings is 3. The van der Waals surface area contributed by atoms with Crippen LogP contribution in [0.25, 0.3) is 11.1 Å². The summed E-state index contributed by atoms with van der Waals surface area (Å²) in [5, 5.41) is 0. The van der Waals surface area contributed by atoms with Gasteiger partial charge in [-0.05, 0) is 66.6 Å². The molecule has 0 saturated heterocycles. The first-order valence-corrected chi connectivity index (χ1v) is 8.45. The number of hydrogen-bond donors (Lipinski definition) is 0. The van der Waals surface area contributed by atoms with E-state index in [4.69, 9.17) is 14.2 Å². The van der Waals surface area contributed by atoms with Crippen molar-refractivity contribution in [3.63, 3.8) is 0 Å². The molecule has 0 aliphatic carbocycles. The Morgan fingerprint density at radius 1 is 0.704 bits per heavy atom. The molecule has 0 amide bonds. The molecule has 0 aromatic heterocycles. The predicted octanol–water partition coefficient (Wildman–Crippen LogP) is 5.49. The fraction of sp³-hybridized carbons (Fsp3) is 0.0870. The molecule has 4 heteroatoms. The van der Waals surface area contributed by atoms with Crippen molar-refractivity contribution in [3.05, 3.63) is 90.7 Å². The zero-order valence-corrected chi connectivity index (χ0v) is 15.3. The molecule has 3 aromatic rings. The van der Waals surface area contributed by atoms with E-state index < -0.39 is 5.97 Å². The molecule has 0 unspecified atom stereocenters. The smallest absolute Gasteiger partial charge is 0.343 e. The normalized spacial score (nSPS) is 10.1. The molecule has 0 aliphatic rings. The van der Waals surface area contributed by atoms with Crippen molar-refractivity contribution < 1.29 is 19.0 Å². The van der Waals surface area contributed by atoms with Gasteiger partial charge in [0.1, 0.15) is 17.2 Å². The molecule has 0 fully saturated rings. The van der Waals surface area contributed by atoms with E-state index in [-0.39, 0.29) is 0 Å². The Balaban J connectivity index is 1.66. The third-order valence-corrected chi connectivity index (χ3v) is 3.87. The Bertz CT molecular complexity index is 924. The second kappa shape index (κ2) is 8.23. The Kier molecular flexibility index (Phi) is 5.57. The number of carbonyl (C=O) groups is 1. The topological polar surface area (TPSA) is 44.8 Å². The summed E-state index contributed by atoms with van der Waals surface area (Å²) in [6, 6.07) is 21.9. The van der Waals surface area contributed by atoms with Crippen LogP contribution in [0.1, 0.15) is 17.3 Å². The lowest BCUT2D eigenvalue weighted by Gasteiger charge is -2.08. The lowest BCUT2D eigenvalue weighted by Crippen LogP contribution is -2.08. The summed E-state index contributed by atoms with van der Waals surface area (Å²) in [6.45, 7) is 5.44. The Morgan fingerprint density at radius 3 is 1.63 bits per heavy atom. The average molecular weight is 360 g/mol. The van der Waals surface area contributed by atoms with Crippen LogP contribution in [0.4, 0.5) is 0 Å². The van der Waals surface area contributed by atoms with Gasteiger partial charge in [-0.15, -0.1) is 0 Å². The SMILES string of the molecule is C=C(C)Oc1ccc(C(=O)Oc2ccc(-c3ccc(OC)cc3)cc2)cc1. The van der Waals surface area contributed by atoms with E-state index in [0.717, 1.165) is 16.9 Å². The molecule has 27 heavy (non-hydrogen) atoms. The summed E-state index contributed by atoms with van der Waals surface area (Å²) in [5.74, 6) is 2.09. The molecule has 3 aromatic carbocycles. The average Bonchev–Trinajstić information content (AvgIpc) is 2.69. The molecule has 0 aliphatic heterocycles. The number of esters is 1. The molecule has 0 spiro atoms. The first-order chi connectivity index (χ1) is 13.0. The van der Waals surface area contributed by atoms with Crippen molar-refractivity contribution >= 4 is 5.97 Å². The van der Waals surface area contributed by atoms with Crippen LogP contribution >= 0.6 is 0 Å². The number of rotatable bonds is 6. The number of allylic oxidation sites excluding steroid dienone is 1. The maximum Gasteiger partial charge on any atom is 0.343 e. The lowest BCUT2D eigenvalue weighted by atomic mass is 10.1. The number of ether oxygens (including phenoxy) is 3. The molecule has 0 heterocycles. The molecule has 136 valence electrons. The molecular formula is C23H20O4. The summed E-state index contributed by atoms with van der Waals surface area (Å²) >= 11 is 0. The zero-order valence-electron chi connectivity index (χ0n) is 15.3. The van der Waals surface area contributed by atoms with Crippen molar-refractivity contribution in [2.45, 2.75) is 6.92 Å². The third kappa shape index (κ3) is 4.76. The van der Waals surface area contributed by atoms with Crippen molar-refractivity contribution in [2.75, 3.05) is 7.11 Å². The van der Waals surface area contributed by atoms with E-state index >= 15 is 0 Å². The van der Waals surface area contributed by atoms with Crippen molar-refractivity contribution in [3.8, 4) is 28.4 Å². The summed E-state index contributed by atoms with van der Waals surface area (Å²) in [6.07, 6.45) is 0. The fourth-order valence-electron chi connectivity index (χ4n) is 2.53. The summed E-state index contributed by atoms with van der Waals surface area (Å²) in [4.78, 5) is 12.3. The Morgan fingerprint density at radius 2 is 1.15 bits per heavy atom. The van der Waals surface area contributed by atoms with Gasteiger partial charge in [0, 0.05) is 0 Å². The van der Waals surface area contributed by atoms with Crippen LogP contribution in [0, 0.1) is 0 Å². The van der Waals surface area contributed by atoms with Gasteiger partial charge in [-0.3, -0.25) is 0 Å². The highest BCUT2D eigenvalue weighted by Crippen LogP contribution is 2.25. The Labute approximate surface area is 158 Å². The molecule has 3 rings (SSSR count). The standard InChI is InChI=1S/C23H20O4/c1-16(2)26-21-14-8-19(9-15-21)23(24)27-22-12-6-18(7-13-22)17-4-10-20(25-3)11-5-17/h4-15H,1H2,2-3H3. The van der Waals surface area contributed by atoms with Gasteiger partial charge in [0.15, 0.2) is 0 Å². The molecule has 0 N–H and O–H groups in total. The minimum atomic E-state index is -0.422. The number of methoxy groups -OCH3 is 1. The first kappa shape index (κ1) is 18.3. The van der Waals surface area contributed by atoms with Gasteiger partial charge in [-0.25, -0.2) is 4.79 Å². The second-order valence-electron chi connectivity index (χ2n) is 5.97. The van der Waals surface area contributed by atoms with Crippen LogP contribution in [0.15, 0.2) is 85.1 Å². The van der Waals surface area contributed by atoms with Crippen molar-refractivity contribution in [2.24, 2.45) is 0 Å². The lowest BCUT2D eigenvalue weighted by molar-refractivity contribution is 0.0735. The molecule has 0 saturated carbocycles. The zero-order chi connectivity index (χ0) is 19.2. The second-order valence-corrected chi connectivity index (χ2v) is 5.97. The monoisotopic (exact) mass is 360 g/mol. The first-order valence-electron chi connectivity index (χ1n) is 8.45. The molecule has 4 nitrogen and oxygen atoms in total. The van der Waals surface area contributed by atoms with E-state index in [0.29, 0.717) is 22.8 Å². The summed E-state index contributed by atoms with van der Waals surface area (Å²) < 4.78 is 16.0. The van der Waals surface area contributed by atoms with Gasteiger partial charge in [0.25, 0.3) is 0 Å². The minimum absolute atomic E-state index is 0.422.